The molecule has 2 rings (SSSR count). The highest BCUT2D eigenvalue weighted by molar-refractivity contribution is 5.87. The van der Waals surface area contributed by atoms with Gasteiger partial charge in [-0.3, -0.25) is 4.90 Å². The smallest absolute Gasteiger partial charge is 0.335 e. The first-order valence-corrected chi connectivity index (χ1v) is 6.83. The van der Waals surface area contributed by atoms with Crippen LogP contribution in [0.5, 0.6) is 0 Å². The van der Waals surface area contributed by atoms with Crippen LogP contribution in [0.2, 0.25) is 0 Å². The van der Waals surface area contributed by atoms with Gasteiger partial charge in [-0.05, 0) is 44.5 Å². The van der Waals surface area contributed by atoms with Gasteiger partial charge in [0.15, 0.2) is 0 Å². The maximum Gasteiger partial charge on any atom is 0.335 e. The molecular weight excluding hydrogens is 240 g/mol. The van der Waals surface area contributed by atoms with Gasteiger partial charge in [0, 0.05) is 25.2 Å². The first kappa shape index (κ1) is 14.0. The van der Waals surface area contributed by atoms with Crippen LogP contribution >= 0.6 is 0 Å². The SMILES string of the molecule is CC(CNCc1ccc(C(=O)O)cc1)N(C)C1CC1. The molecule has 1 fully saturated rings. The van der Waals surface area contributed by atoms with Crippen molar-refractivity contribution in [3.8, 4) is 0 Å². The number of aromatic carboxylic acids is 1. The minimum absolute atomic E-state index is 0.339. The molecule has 1 aromatic carbocycles. The molecule has 4 nitrogen and oxygen atoms in total. The molecule has 0 amide bonds. The highest BCUT2D eigenvalue weighted by atomic mass is 16.4. The number of benzene rings is 1. The second kappa shape index (κ2) is 6.17. The van der Waals surface area contributed by atoms with Crippen molar-refractivity contribution in [3.63, 3.8) is 0 Å². The fraction of sp³-hybridized carbons (Fsp3) is 0.533. The zero-order valence-electron chi connectivity index (χ0n) is 11.6. The van der Waals surface area contributed by atoms with Gasteiger partial charge in [-0.1, -0.05) is 12.1 Å². The molecule has 0 aromatic heterocycles. The third-order valence-electron chi connectivity index (χ3n) is 3.79. The van der Waals surface area contributed by atoms with Gasteiger partial charge in [0.2, 0.25) is 0 Å². The van der Waals surface area contributed by atoms with Crippen molar-refractivity contribution in [2.24, 2.45) is 0 Å². The number of carbonyl (C=O) groups is 1. The number of hydrogen-bond donors (Lipinski definition) is 2. The average Bonchev–Trinajstić information content (AvgIpc) is 3.22. The fourth-order valence-corrected chi connectivity index (χ4v) is 2.18. The van der Waals surface area contributed by atoms with Crippen LogP contribution in [0.4, 0.5) is 0 Å². The van der Waals surface area contributed by atoms with Gasteiger partial charge < -0.3 is 10.4 Å². The topological polar surface area (TPSA) is 52.6 Å². The molecule has 0 bridgehead atoms. The summed E-state index contributed by atoms with van der Waals surface area (Å²) in [4.78, 5) is 13.2. The Bertz CT molecular complexity index is 426. The van der Waals surface area contributed by atoms with Gasteiger partial charge in [-0.2, -0.15) is 0 Å². The highest BCUT2D eigenvalue weighted by Gasteiger charge is 2.28. The van der Waals surface area contributed by atoms with E-state index in [0.717, 1.165) is 24.7 Å². The van der Waals surface area contributed by atoms with Crippen LogP contribution in [0.1, 0.15) is 35.7 Å². The van der Waals surface area contributed by atoms with E-state index in [1.54, 1.807) is 12.1 Å². The summed E-state index contributed by atoms with van der Waals surface area (Å²) >= 11 is 0. The molecule has 0 radical (unpaired) electrons. The fourth-order valence-electron chi connectivity index (χ4n) is 2.18. The standard InChI is InChI=1S/C15H22N2O2/c1-11(17(2)14-7-8-14)9-16-10-12-3-5-13(6-4-12)15(18)19/h3-6,11,14,16H,7-10H2,1-2H3,(H,18,19). The summed E-state index contributed by atoms with van der Waals surface area (Å²) in [5.74, 6) is -0.876. The maximum atomic E-state index is 10.7. The quantitative estimate of drug-likeness (QED) is 0.788. The van der Waals surface area contributed by atoms with E-state index in [9.17, 15) is 4.79 Å². The number of hydrogen-bond acceptors (Lipinski definition) is 3. The van der Waals surface area contributed by atoms with Crippen molar-refractivity contribution in [3.05, 3.63) is 35.4 Å². The second-order valence-electron chi connectivity index (χ2n) is 5.38. The molecule has 104 valence electrons. The summed E-state index contributed by atoms with van der Waals surface area (Å²) in [6.07, 6.45) is 2.66. The summed E-state index contributed by atoms with van der Waals surface area (Å²) in [5, 5.41) is 12.2. The molecule has 0 spiro atoms. The molecule has 1 aliphatic carbocycles. The Balaban J connectivity index is 1.74. The van der Waals surface area contributed by atoms with E-state index in [-0.39, 0.29) is 0 Å². The highest BCUT2D eigenvalue weighted by Crippen LogP contribution is 2.26. The Morgan fingerprint density at radius 1 is 1.42 bits per heavy atom. The molecule has 1 atom stereocenters. The molecule has 0 heterocycles. The van der Waals surface area contributed by atoms with Crippen LogP contribution in [0.25, 0.3) is 0 Å². The Hall–Kier alpha value is -1.39. The van der Waals surface area contributed by atoms with Gasteiger partial charge in [0.25, 0.3) is 0 Å². The molecule has 1 aliphatic rings. The van der Waals surface area contributed by atoms with Gasteiger partial charge in [-0.15, -0.1) is 0 Å². The van der Waals surface area contributed by atoms with E-state index in [2.05, 4.69) is 24.2 Å². The van der Waals surface area contributed by atoms with Crippen LogP contribution in [0.3, 0.4) is 0 Å². The third kappa shape index (κ3) is 4.04. The zero-order valence-corrected chi connectivity index (χ0v) is 11.6. The summed E-state index contributed by atoms with van der Waals surface area (Å²) < 4.78 is 0. The Labute approximate surface area is 114 Å². The van der Waals surface area contributed by atoms with Crippen LogP contribution in [-0.2, 0) is 6.54 Å². The lowest BCUT2D eigenvalue weighted by molar-refractivity contribution is 0.0697. The molecule has 0 saturated heterocycles. The summed E-state index contributed by atoms with van der Waals surface area (Å²) in [6.45, 7) is 3.97. The molecule has 19 heavy (non-hydrogen) atoms. The lowest BCUT2D eigenvalue weighted by atomic mass is 10.1. The lowest BCUT2D eigenvalue weighted by Crippen LogP contribution is -2.38. The Morgan fingerprint density at radius 2 is 2.05 bits per heavy atom. The number of nitrogens with one attached hydrogen (secondary N) is 1. The van der Waals surface area contributed by atoms with Gasteiger partial charge in [0.05, 0.1) is 5.56 Å². The minimum Gasteiger partial charge on any atom is -0.478 e. The van der Waals surface area contributed by atoms with Crippen molar-refractivity contribution in [1.29, 1.82) is 0 Å². The van der Waals surface area contributed by atoms with Crippen molar-refractivity contribution in [2.75, 3.05) is 13.6 Å². The number of carboxylic acids is 1. The van der Waals surface area contributed by atoms with Crippen LogP contribution in [-0.4, -0.2) is 41.7 Å². The average molecular weight is 262 g/mol. The van der Waals surface area contributed by atoms with Crippen molar-refractivity contribution in [1.82, 2.24) is 10.2 Å². The molecule has 1 aromatic rings. The third-order valence-corrected chi connectivity index (χ3v) is 3.79. The largest absolute Gasteiger partial charge is 0.478 e. The van der Waals surface area contributed by atoms with E-state index in [4.69, 9.17) is 5.11 Å². The monoisotopic (exact) mass is 262 g/mol. The van der Waals surface area contributed by atoms with Crippen LogP contribution in [0, 0.1) is 0 Å². The number of nitrogens with zero attached hydrogens (tertiary/aromatic N) is 1. The molecule has 0 aliphatic heterocycles. The molecule has 2 N–H and O–H groups in total. The maximum absolute atomic E-state index is 10.7. The zero-order chi connectivity index (χ0) is 13.8. The van der Waals surface area contributed by atoms with E-state index in [1.165, 1.54) is 12.8 Å². The van der Waals surface area contributed by atoms with Crippen molar-refractivity contribution >= 4 is 5.97 Å². The minimum atomic E-state index is -0.876. The number of carboxylic acid groups (broad SMARTS) is 1. The van der Waals surface area contributed by atoms with Gasteiger partial charge in [-0.25, -0.2) is 4.79 Å². The molecule has 1 saturated carbocycles. The van der Waals surface area contributed by atoms with E-state index in [0.29, 0.717) is 11.6 Å². The first-order valence-electron chi connectivity index (χ1n) is 6.83. The molecular formula is C15H22N2O2. The predicted molar refractivity (Wildman–Crippen MR) is 75.4 cm³/mol. The predicted octanol–water partition coefficient (Wildman–Crippen LogP) is 1.96. The second-order valence-corrected chi connectivity index (χ2v) is 5.38. The van der Waals surface area contributed by atoms with Gasteiger partial charge in [0.1, 0.15) is 0 Å². The van der Waals surface area contributed by atoms with E-state index < -0.39 is 5.97 Å². The number of likely N-dealkylation sites (N-methyl/N-ethyl adjacent to an activating group) is 1. The summed E-state index contributed by atoms with van der Waals surface area (Å²) in [5.41, 5.74) is 1.46. The van der Waals surface area contributed by atoms with Crippen molar-refractivity contribution in [2.45, 2.75) is 38.4 Å². The normalized spacial score (nSPS) is 16.6. The molecule has 4 heteroatoms. The van der Waals surface area contributed by atoms with Crippen LogP contribution in [0.15, 0.2) is 24.3 Å². The van der Waals surface area contributed by atoms with Crippen LogP contribution < -0.4 is 5.32 Å². The van der Waals surface area contributed by atoms with E-state index in [1.807, 2.05) is 12.1 Å². The van der Waals surface area contributed by atoms with Crippen molar-refractivity contribution < 1.29 is 9.90 Å². The number of rotatable bonds is 7. The molecule has 1 unspecified atom stereocenters. The lowest BCUT2D eigenvalue weighted by Gasteiger charge is -2.24. The first-order chi connectivity index (χ1) is 9.08. The van der Waals surface area contributed by atoms with Gasteiger partial charge >= 0.3 is 5.97 Å². The Morgan fingerprint density at radius 3 is 2.58 bits per heavy atom. The summed E-state index contributed by atoms with van der Waals surface area (Å²) in [6, 6.07) is 8.35. The van der Waals surface area contributed by atoms with E-state index >= 15 is 0 Å². The summed E-state index contributed by atoms with van der Waals surface area (Å²) in [7, 11) is 2.19. The Kier molecular flexibility index (Phi) is 4.56.